The third-order valence-corrected chi connectivity index (χ3v) is 4.51. The van der Waals surface area contributed by atoms with Crippen LogP contribution < -0.4 is 5.69 Å². The van der Waals surface area contributed by atoms with Crippen molar-refractivity contribution in [3.63, 3.8) is 0 Å². The number of carboxylic acid groups (broad SMARTS) is 1. The van der Waals surface area contributed by atoms with Gasteiger partial charge < -0.3 is 10.1 Å². The van der Waals surface area contributed by atoms with E-state index in [-0.39, 0.29) is 11.3 Å². The standard InChI is InChI=1S/C16H20N2O3/c1-10-4-2-5-11(8-10)9-18-14-12(15(19)20)6-3-7-13(14)17-16(18)21/h3,6-7,10-11H,2,4-5,8-9H2,1H3,(H,17,21)(H,19,20). The fraction of sp³-hybridized carbons (Fsp3) is 0.500. The van der Waals surface area contributed by atoms with Gasteiger partial charge in [-0.1, -0.05) is 25.8 Å². The molecule has 0 radical (unpaired) electrons. The van der Waals surface area contributed by atoms with E-state index < -0.39 is 5.97 Å². The molecule has 1 aliphatic carbocycles. The zero-order chi connectivity index (χ0) is 15.0. The summed E-state index contributed by atoms with van der Waals surface area (Å²) >= 11 is 0. The normalized spacial score (nSPS) is 22.5. The van der Waals surface area contributed by atoms with E-state index in [1.807, 2.05) is 0 Å². The first-order valence-electron chi connectivity index (χ1n) is 7.51. The van der Waals surface area contributed by atoms with E-state index in [1.165, 1.54) is 12.8 Å². The molecule has 0 amide bonds. The Morgan fingerprint density at radius 1 is 1.43 bits per heavy atom. The van der Waals surface area contributed by atoms with E-state index in [4.69, 9.17) is 0 Å². The number of nitrogens with one attached hydrogen (secondary N) is 1. The van der Waals surface area contributed by atoms with E-state index in [1.54, 1.807) is 22.8 Å². The minimum absolute atomic E-state index is 0.190. The summed E-state index contributed by atoms with van der Waals surface area (Å²) in [5.41, 5.74) is 1.10. The number of para-hydroxylation sites is 1. The third kappa shape index (κ3) is 2.60. The van der Waals surface area contributed by atoms with Crippen LogP contribution in [0.4, 0.5) is 0 Å². The molecule has 1 heterocycles. The molecule has 0 saturated heterocycles. The molecule has 0 spiro atoms. The number of aromatic amines is 1. The number of imidazole rings is 1. The SMILES string of the molecule is CC1CCCC(Cn2c(=O)[nH]c3cccc(C(=O)O)c32)C1. The summed E-state index contributed by atoms with van der Waals surface area (Å²) in [4.78, 5) is 26.3. The van der Waals surface area contributed by atoms with Gasteiger partial charge in [-0.3, -0.25) is 4.57 Å². The van der Waals surface area contributed by atoms with E-state index in [0.717, 1.165) is 12.8 Å². The Labute approximate surface area is 122 Å². The Bertz CT molecular complexity index is 729. The minimum Gasteiger partial charge on any atom is -0.478 e. The summed E-state index contributed by atoms with van der Waals surface area (Å²) in [5.74, 6) is 0.140. The zero-order valence-electron chi connectivity index (χ0n) is 12.1. The minimum atomic E-state index is -0.995. The zero-order valence-corrected chi connectivity index (χ0v) is 12.1. The third-order valence-electron chi connectivity index (χ3n) is 4.51. The average Bonchev–Trinajstić information content (AvgIpc) is 2.75. The lowest BCUT2D eigenvalue weighted by Crippen LogP contribution is -2.25. The highest BCUT2D eigenvalue weighted by atomic mass is 16.4. The number of fused-ring (bicyclic) bond motifs is 1. The van der Waals surface area contributed by atoms with Crippen molar-refractivity contribution in [2.24, 2.45) is 11.8 Å². The van der Waals surface area contributed by atoms with Crippen LogP contribution >= 0.6 is 0 Å². The van der Waals surface area contributed by atoms with Crippen molar-refractivity contribution in [1.29, 1.82) is 0 Å². The molecular formula is C16H20N2O3. The molecule has 21 heavy (non-hydrogen) atoms. The predicted octanol–water partition coefficient (Wildman–Crippen LogP) is 2.85. The first-order chi connectivity index (χ1) is 10.1. The second-order valence-corrected chi connectivity index (χ2v) is 6.19. The summed E-state index contributed by atoms with van der Waals surface area (Å²) in [5, 5.41) is 9.34. The molecule has 2 atom stereocenters. The number of hydrogen-bond donors (Lipinski definition) is 2. The van der Waals surface area contributed by atoms with Crippen LogP contribution in [0.15, 0.2) is 23.0 Å². The number of benzene rings is 1. The number of aromatic carboxylic acids is 1. The number of hydrogen-bond acceptors (Lipinski definition) is 2. The molecule has 1 aliphatic rings. The van der Waals surface area contributed by atoms with Crippen LogP contribution in [0.2, 0.25) is 0 Å². The van der Waals surface area contributed by atoms with Crippen molar-refractivity contribution >= 4 is 17.0 Å². The number of aromatic nitrogens is 2. The van der Waals surface area contributed by atoms with Crippen molar-refractivity contribution in [2.75, 3.05) is 0 Å². The first-order valence-corrected chi connectivity index (χ1v) is 7.51. The van der Waals surface area contributed by atoms with Gasteiger partial charge in [0.15, 0.2) is 0 Å². The second kappa shape index (κ2) is 5.39. The molecule has 0 aliphatic heterocycles. The van der Waals surface area contributed by atoms with Crippen LogP contribution in [0.5, 0.6) is 0 Å². The van der Waals surface area contributed by atoms with Crippen molar-refractivity contribution < 1.29 is 9.90 Å². The maximum atomic E-state index is 12.2. The lowest BCUT2D eigenvalue weighted by Gasteiger charge is -2.26. The van der Waals surface area contributed by atoms with Gasteiger partial charge in [-0.15, -0.1) is 0 Å². The van der Waals surface area contributed by atoms with Crippen LogP contribution in [0.1, 0.15) is 43.0 Å². The molecule has 5 nitrogen and oxygen atoms in total. The average molecular weight is 288 g/mol. The molecule has 5 heteroatoms. The van der Waals surface area contributed by atoms with Crippen LogP contribution in [-0.2, 0) is 6.54 Å². The first kappa shape index (κ1) is 13.9. The van der Waals surface area contributed by atoms with E-state index >= 15 is 0 Å². The Hall–Kier alpha value is -2.04. The summed E-state index contributed by atoms with van der Waals surface area (Å²) in [6.07, 6.45) is 4.65. The highest BCUT2D eigenvalue weighted by molar-refractivity contribution is 6.01. The van der Waals surface area contributed by atoms with E-state index in [0.29, 0.717) is 29.4 Å². The van der Waals surface area contributed by atoms with Crippen LogP contribution in [-0.4, -0.2) is 20.6 Å². The van der Waals surface area contributed by atoms with Crippen LogP contribution in [0, 0.1) is 11.8 Å². The van der Waals surface area contributed by atoms with Gasteiger partial charge in [0.25, 0.3) is 0 Å². The molecule has 1 saturated carbocycles. The number of H-pyrrole nitrogens is 1. The molecule has 1 aromatic heterocycles. The fourth-order valence-electron chi connectivity index (χ4n) is 3.55. The molecule has 112 valence electrons. The van der Waals surface area contributed by atoms with Crippen molar-refractivity contribution in [1.82, 2.24) is 9.55 Å². The highest BCUT2D eigenvalue weighted by Crippen LogP contribution is 2.30. The summed E-state index contributed by atoms with van der Waals surface area (Å²) in [7, 11) is 0. The Morgan fingerprint density at radius 3 is 2.95 bits per heavy atom. The predicted molar refractivity (Wildman–Crippen MR) is 80.6 cm³/mol. The Kier molecular flexibility index (Phi) is 3.57. The molecule has 1 fully saturated rings. The second-order valence-electron chi connectivity index (χ2n) is 6.19. The largest absolute Gasteiger partial charge is 0.478 e. The number of carbonyl (C=O) groups is 1. The molecular weight excluding hydrogens is 268 g/mol. The molecule has 0 bridgehead atoms. The van der Waals surface area contributed by atoms with Crippen LogP contribution in [0.3, 0.4) is 0 Å². The van der Waals surface area contributed by atoms with Gasteiger partial charge in [0.2, 0.25) is 0 Å². The number of rotatable bonds is 3. The number of carboxylic acids is 1. The fourth-order valence-corrected chi connectivity index (χ4v) is 3.55. The van der Waals surface area contributed by atoms with Gasteiger partial charge in [0, 0.05) is 6.54 Å². The quantitative estimate of drug-likeness (QED) is 0.912. The summed E-state index contributed by atoms with van der Waals surface area (Å²) in [6.45, 7) is 2.85. The van der Waals surface area contributed by atoms with Gasteiger partial charge >= 0.3 is 11.7 Å². The van der Waals surface area contributed by atoms with Gasteiger partial charge in [-0.25, -0.2) is 9.59 Å². The highest BCUT2D eigenvalue weighted by Gasteiger charge is 2.22. The van der Waals surface area contributed by atoms with Crippen molar-refractivity contribution in [3.05, 3.63) is 34.2 Å². The topological polar surface area (TPSA) is 75.1 Å². The molecule has 2 aromatic rings. The molecule has 3 rings (SSSR count). The molecule has 1 aromatic carbocycles. The molecule has 2 N–H and O–H groups in total. The monoisotopic (exact) mass is 288 g/mol. The summed E-state index contributed by atoms with van der Waals surface area (Å²) < 4.78 is 1.61. The van der Waals surface area contributed by atoms with E-state index in [2.05, 4.69) is 11.9 Å². The van der Waals surface area contributed by atoms with Crippen LogP contribution in [0.25, 0.3) is 11.0 Å². The lowest BCUT2D eigenvalue weighted by molar-refractivity contribution is 0.0698. The van der Waals surface area contributed by atoms with E-state index in [9.17, 15) is 14.7 Å². The lowest BCUT2D eigenvalue weighted by atomic mass is 9.82. The smallest absolute Gasteiger partial charge is 0.337 e. The maximum Gasteiger partial charge on any atom is 0.337 e. The summed E-state index contributed by atoms with van der Waals surface area (Å²) in [6, 6.07) is 4.97. The van der Waals surface area contributed by atoms with Gasteiger partial charge in [-0.05, 0) is 36.8 Å². The van der Waals surface area contributed by atoms with Crippen molar-refractivity contribution in [3.8, 4) is 0 Å². The Morgan fingerprint density at radius 2 is 2.24 bits per heavy atom. The number of nitrogens with zero attached hydrogens (tertiary/aromatic N) is 1. The Balaban J connectivity index is 2.03. The molecule has 2 unspecified atom stereocenters. The van der Waals surface area contributed by atoms with Crippen molar-refractivity contribution in [2.45, 2.75) is 39.2 Å². The maximum absolute atomic E-state index is 12.2. The van der Waals surface area contributed by atoms with Gasteiger partial charge in [0.05, 0.1) is 16.6 Å². The van der Waals surface area contributed by atoms with Gasteiger partial charge in [0.1, 0.15) is 0 Å². The van der Waals surface area contributed by atoms with Gasteiger partial charge in [-0.2, -0.15) is 0 Å².